The number of ether oxygens (including phenoxy) is 1. The zero-order valence-electron chi connectivity index (χ0n) is 9.97. The van der Waals surface area contributed by atoms with Crippen LogP contribution in [0.5, 0.6) is 0 Å². The second-order valence-corrected chi connectivity index (χ2v) is 4.21. The Hall–Kier alpha value is -2.29. The van der Waals surface area contributed by atoms with Gasteiger partial charge in [-0.2, -0.15) is 0 Å². The number of benzene rings is 2. The number of hydrogen-bond donors (Lipinski definition) is 0. The van der Waals surface area contributed by atoms with E-state index in [2.05, 4.69) is 0 Å². The van der Waals surface area contributed by atoms with Gasteiger partial charge in [0.05, 0.1) is 0 Å². The van der Waals surface area contributed by atoms with Crippen LogP contribution in [0.3, 0.4) is 0 Å². The molecule has 0 aliphatic heterocycles. The fraction of sp³-hybridized carbons (Fsp3) is 0.133. The molecule has 0 saturated heterocycles. The Balaban J connectivity index is 2.07. The number of rotatable bonds is 2. The van der Waals surface area contributed by atoms with Gasteiger partial charge in [-0.3, -0.25) is 4.79 Å². The number of fused-ring (bicyclic) bond motifs is 3. The summed E-state index contributed by atoms with van der Waals surface area (Å²) in [5.74, 6) is -0.278. The average Bonchev–Trinajstić information content (AvgIpc) is 2.73. The summed E-state index contributed by atoms with van der Waals surface area (Å²) in [6.07, 6.45) is 0. The molecule has 0 aliphatic rings. The lowest BCUT2D eigenvalue weighted by atomic mass is 10.1. The van der Waals surface area contributed by atoms with Gasteiger partial charge in [0.1, 0.15) is 17.8 Å². The van der Waals surface area contributed by atoms with Crippen LogP contribution in [0.25, 0.3) is 21.9 Å². The van der Waals surface area contributed by atoms with Crippen molar-refractivity contribution in [3.63, 3.8) is 0 Å². The van der Waals surface area contributed by atoms with Crippen LogP contribution >= 0.6 is 0 Å². The summed E-state index contributed by atoms with van der Waals surface area (Å²) >= 11 is 0. The van der Waals surface area contributed by atoms with Crippen molar-refractivity contribution >= 4 is 27.9 Å². The van der Waals surface area contributed by atoms with Gasteiger partial charge in [-0.1, -0.05) is 30.3 Å². The van der Waals surface area contributed by atoms with Crippen LogP contribution in [-0.4, -0.2) is 5.97 Å². The Kier molecular flexibility index (Phi) is 2.52. The second kappa shape index (κ2) is 4.18. The first kappa shape index (κ1) is 10.8. The molecular formula is C15H12O3. The third kappa shape index (κ3) is 1.84. The molecule has 3 rings (SSSR count). The van der Waals surface area contributed by atoms with E-state index in [-0.39, 0.29) is 12.6 Å². The molecular weight excluding hydrogens is 228 g/mol. The van der Waals surface area contributed by atoms with Gasteiger partial charge in [-0.05, 0) is 17.7 Å². The summed E-state index contributed by atoms with van der Waals surface area (Å²) in [6.45, 7) is 1.68. The molecule has 3 heteroatoms. The van der Waals surface area contributed by atoms with E-state index in [4.69, 9.17) is 9.15 Å². The molecule has 0 aliphatic carbocycles. The van der Waals surface area contributed by atoms with Gasteiger partial charge in [0, 0.05) is 17.7 Å². The maximum Gasteiger partial charge on any atom is 0.302 e. The van der Waals surface area contributed by atoms with Gasteiger partial charge in [0.2, 0.25) is 0 Å². The van der Waals surface area contributed by atoms with Crippen LogP contribution in [0, 0.1) is 0 Å². The zero-order chi connectivity index (χ0) is 12.5. The molecule has 1 heterocycles. The van der Waals surface area contributed by atoms with E-state index < -0.39 is 0 Å². The second-order valence-electron chi connectivity index (χ2n) is 4.21. The van der Waals surface area contributed by atoms with Crippen molar-refractivity contribution in [2.75, 3.05) is 0 Å². The van der Waals surface area contributed by atoms with Crippen molar-refractivity contribution in [2.45, 2.75) is 13.5 Å². The smallest absolute Gasteiger partial charge is 0.302 e. The summed E-state index contributed by atoms with van der Waals surface area (Å²) in [6, 6.07) is 13.8. The number of para-hydroxylation sites is 1. The van der Waals surface area contributed by atoms with Crippen LogP contribution in [-0.2, 0) is 16.1 Å². The minimum absolute atomic E-state index is 0.278. The topological polar surface area (TPSA) is 39.4 Å². The van der Waals surface area contributed by atoms with Gasteiger partial charge in [0.15, 0.2) is 0 Å². The minimum atomic E-state index is -0.278. The molecule has 2 aromatic carbocycles. The molecule has 0 saturated carbocycles. The van der Waals surface area contributed by atoms with Crippen LogP contribution in [0.2, 0.25) is 0 Å². The zero-order valence-corrected chi connectivity index (χ0v) is 9.97. The van der Waals surface area contributed by atoms with E-state index in [1.807, 2.05) is 42.5 Å². The van der Waals surface area contributed by atoms with E-state index in [0.29, 0.717) is 0 Å². The molecule has 0 unspecified atom stereocenters. The highest BCUT2D eigenvalue weighted by atomic mass is 16.5. The van der Waals surface area contributed by atoms with Crippen molar-refractivity contribution in [1.82, 2.24) is 0 Å². The number of carbonyl (C=O) groups is 1. The minimum Gasteiger partial charge on any atom is -0.461 e. The summed E-state index contributed by atoms with van der Waals surface area (Å²) in [5, 5.41) is 2.18. The molecule has 3 nitrogen and oxygen atoms in total. The molecule has 0 bridgehead atoms. The maximum atomic E-state index is 10.8. The lowest BCUT2D eigenvalue weighted by Crippen LogP contribution is -1.98. The number of furan rings is 1. The molecule has 3 aromatic rings. The van der Waals surface area contributed by atoms with Crippen molar-refractivity contribution in [3.8, 4) is 0 Å². The molecule has 0 atom stereocenters. The predicted molar refractivity (Wildman–Crippen MR) is 69.2 cm³/mol. The molecule has 1 aromatic heterocycles. The average molecular weight is 240 g/mol. The molecule has 90 valence electrons. The molecule has 0 spiro atoms. The Morgan fingerprint density at radius 1 is 1.11 bits per heavy atom. The fourth-order valence-electron chi connectivity index (χ4n) is 2.05. The van der Waals surface area contributed by atoms with E-state index in [9.17, 15) is 4.79 Å². The molecule has 0 radical (unpaired) electrons. The monoisotopic (exact) mass is 240 g/mol. The molecule has 18 heavy (non-hydrogen) atoms. The molecule has 0 fully saturated rings. The Bertz CT molecular complexity index is 725. The predicted octanol–water partition coefficient (Wildman–Crippen LogP) is 3.65. The van der Waals surface area contributed by atoms with E-state index in [1.54, 1.807) is 0 Å². The number of hydrogen-bond acceptors (Lipinski definition) is 3. The fourth-order valence-corrected chi connectivity index (χ4v) is 2.05. The summed E-state index contributed by atoms with van der Waals surface area (Å²) < 4.78 is 10.7. The molecule has 0 amide bonds. The van der Waals surface area contributed by atoms with Crippen LogP contribution < -0.4 is 0 Å². The molecule has 0 N–H and O–H groups in total. The Labute approximate surface area is 104 Å². The van der Waals surface area contributed by atoms with E-state index in [0.717, 1.165) is 27.5 Å². The lowest BCUT2D eigenvalue weighted by molar-refractivity contribution is -0.142. The normalized spacial score (nSPS) is 10.9. The summed E-state index contributed by atoms with van der Waals surface area (Å²) in [4.78, 5) is 10.8. The Morgan fingerprint density at radius 2 is 1.89 bits per heavy atom. The highest BCUT2D eigenvalue weighted by Gasteiger charge is 2.07. The van der Waals surface area contributed by atoms with Crippen molar-refractivity contribution in [2.24, 2.45) is 0 Å². The van der Waals surface area contributed by atoms with Gasteiger partial charge < -0.3 is 9.15 Å². The number of carbonyl (C=O) groups excluding carboxylic acids is 1. The van der Waals surface area contributed by atoms with E-state index in [1.165, 1.54) is 6.92 Å². The van der Waals surface area contributed by atoms with Crippen LogP contribution in [0.4, 0.5) is 0 Å². The van der Waals surface area contributed by atoms with Crippen LogP contribution in [0.15, 0.2) is 46.9 Å². The third-order valence-electron chi connectivity index (χ3n) is 2.89. The van der Waals surface area contributed by atoms with Crippen molar-refractivity contribution < 1.29 is 13.9 Å². The largest absolute Gasteiger partial charge is 0.461 e. The number of esters is 1. The lowest BCUT2D eigenvalue weighted by Gasteiger charge is -2.01. The van der Waals surface area contributed by atoms with Gasteiger partial charge >= 0.3 is 5.97 Å². The van der Waals surface area contributed by atoms with Gasteiger partial charge in [-0.25, -0.2) is 0 Å². The van der Waals surface area contributed by atoms with E-state index >= 15 is 0 Å². The Morgan fingerprint density at radius 3 is 2.72 bits per heavy atom. The highest BCUT2D eigenvalue weighted by Crippen LogP contribution is 2.29. The van der Waals surface area contributed by atoms with Crippen molar-refractivity contribution in [1.29, 1.82) is 0 Å². The van der Waals surface area contributed by atoms with Crippen LogP contribution in [0.1, 0.15) is 12.5 Å². The SMILES string of the molecule is CC(=O)OCc1ccc2c(c1)oc1ccccc12. The summed E-state index contributed by atoms with van der Waals surface area (Å²) in [5.41, 5.74) is 2.62. The first-order valence-corrected chi connectivity index (χ1v) is 5.77. The first-order chi connectivity index (χ1) is 8.74. The third-order valence-corrected chi connectivity index (χ3v) is 2.89. The first-order valence-electron chi connectivity index (χ1n) is 5.77. The van der Waals surface area contributed by atoms with Gasteiger partial charge in [0.25, 0.3) is 0 Å². The summed E-state index contributed by atoms with van der Waals surface area (Å²) in [7, 11) is 0. The maximum absolute atomic E-state index is 10.8. The standard InChI is InChI=1S/C15H12O3/c1-10(16)17-9-11-6-7-13-12-4-2-3-5-14(12)18-15(13)8-11/h2-8H,9H2,1H3. The van der Waals surface area contributed by atoms with Crippen molar-refractivity contribution in [3.05, 3.63) is 48.0 Å². The van der Waals surface area contributed by atoms with Gasteiger partial charge in [-0.15, -0.1) is 0 Å². The highest BCUT2D eigenvalue weighted by molar-refractivity contribution is 6.04. The quantitative estimate of drug-likeness (QED) is 0.642.